The van der Waals surface area contributed by atoms with Gasteiger partial charge in [-0.3, -0.25) is 19.0 Å². The van der Waals surface area contributed by atoms with E-state index in [0.29, 0.717) is 54.1 Å². The van der Waals surface area contributed by atoms with E-state index in [0.717, 1.165) is 44.8 Å². The summed E-state index contributed by atoms with van der Waals surface area (Å²) in [5, 5.41) is 15.9. The van der Waals surface area contributed by atoms with E-state index in [1.54, 1.807) is 6.33 Å². The van der Waals surface area contributed by atoms with Crippen LogP contribution in [0.3, 0.4) is 0 Å². The van der Waals surface area contributed by atoms with Crippen molar-refractivity contribution >= 4 is 64.6 Å². The molecule has 2 saturated heterocycles. The van der Waals surface area contributed by atoms with Crippen LogP contribution < -0.4 is 15.4 Å². The third-order valence-electron chi connectivity index (χ3n) is 9.55. The predicted molar refractivity (Wildman–Crippen MR) is 215 cm³/mol. The van der Waals surface area contributed by atoms with Gasteiger partial charge in [0.25, 0.3) is 0 Å². The number of imidazole rings is 1. The molecule has 0 aromatic carbocycles. The first-order valence-corrected chi connectivity index (χ1v) is 25.8. The van der Waals surface area contributed by atoms with Crippen LogP contribution in [-0.4, -0.2) is 93.5 Å². The molecule has 1 amide bonds. The highest BCUT2D eigenvalue weighted by molar-refractivity contribution is 8.77. The molecule has 0 bridgehead atoms. The first kappa shape index (κ1) is 43.2. The number of carbonyl (C=O) groups excluding carboxylic acids is 2. The molecular formula is C37H62N6O7S2Si. The number of unbranched alkanes of at least 4 members (excludes halogenated alkanes) is 9. The largest absolute Gasteiger partial charge is 0.481 e. The summed E-state index contributed by atoms with van der Waals surface area (Å²) in [4.78, 5) is 49.5. The summed E-state index contributed by atoms with van der Waals surface area (Å²) in [6, 6.07) is 0.986. The summed E-state index contributed by atoms with van der Waals surface area (Å²) in [6.45, 7) is 11.0. The smallest absolute Gasteiger partial charge is 0.306 e. The summed E-state index contributed by atoms with van der Waals surface area (Å²) in [5.41, 5.74) is 1.15. The van der Waals surface area contributed by atoms with Gasteiger partial charge in [-0.1, -0.05) is 99.5 Å². The lowest BCUT2D eigenvalue weighted by Crippen LogP contribution is -2.26. The number of carbonyl (C=O) groups is 3. The molecule has 0 saturated carbocycles. The average Bonchev–Trinajstić information content (AvgIpc) is 3.87. The number of hydrogen-bond donors (Lipinski definition) is 3. The molecule has 2 aliphatic rings. The van der Waals surface area contributed by atoms with Crippen molar-refractivity contribution < 1.29 is 33.7 Å². The first-order valence-electron chi connectivity index (χ1n) is 19.8. The highest BCUT2D eigenvalue weighted by atomic mass is 33.1. The van der Waals surface area contributed by atoms with Crippen molar-refractivity contribution in [3.63, 3.8) is 0 Å². The van der Waals surface area contributed by atoms with Crippen LogP contribution in [0.4, 0.5) is 5.95 Å². The molecule has 2 aromatic rings. The van der Waals surface area contributed by atoms with Gasteiger partial charge in [0.15, 0.2) is 11.2 Å². The number of nitrogens with one attached hydrogen (secondary N) is 2. The molecule has 2 aromatic heterocycles. The van der Waals surface area contributed by atoms with Gasteiger partial charge in [0, 0.05) is 45.0 Å². The van der Waals surface area contributed by atoms with Crippen LogP contribution in [0.5, 0.6) is 5.88 Å². The number of carboxylic acids is 1. The molecule has 0 radical (unpaired) electrons. The molecule has 16 heteroatoms. The number of nitrogens with zero attached hydrogens (tertiary/aromatic N) is 4. The van der Waals surface area contributed by atoms with E-state index in [1.165, 1.54) is 50.7 Å². The lowest BCUT2D eigenvalue weighted by atomic mass is 10.1. The molecular weight excluding hydrogens is 733 g/mol. The molecule has 2 aliphatic heterocycles. The van der Waals surface area contributed by atoms with E-state index < -0.39 is 32.3 Å². The van der Waals surface area contributed by atoms with Crippen molar-refractivity contribution in [2.75, 3.05) is 30.8 Å². The number of carboxylic acid groups (broad SMARTS) is 1. The molecule has 13 nitrogen and oxygen atoms in total. The molecule has 0 spiro atoms. The minimum Gasteiger partial charge on any atom is -0.481 e. The molecule has 4 heterocycles. The van der Waals surface area contributed by atoms with Crippen molar-refractivity contribution in [3.8, 4) is 5.88 Å². The molecule has 2 fully saturated rings. The van der Waals surface area contributed by atoms with Gasteiger partial charge >= 0.3 is 11.9 Å². The fourth-order valence-electron chi connectivity index (χ4n) is 6.41. The number of fused-ring (bicyclic) bond motifs is 1. The number of anilines is 1. The number of amides is 1. The number of rotatable bonds is 26. The van der Waals surface area contributed by atoms with Crippen molar-refractivity contribution in [1.29, 1.82) is 0 Å². The molecule has 4 rings (SSSR count). The Morgan fingerprint density at radius 1 is 1.00 bits per heavy atom. The predicted octanol–water partition coefficient (Wildman–Crippen LogP) is 7.99. The number of aromatic nitrogens is 4. The van der Waals surface area contributed by atoms with Crippen LogP contribution in [0.1, 0.15) is 116 Å². The Hall–Kier alpha value is -2.56. The Morgan fingerprint density at radius 3 is 2.34 bits per heavy atom. The summed E-state index contributed by atoms with van der Waals surface area (Å²) in [5.74, 6) is 0.728. The first-order chi connectivity index (χ1) is 25.5. The lowest BCUT2D eigenvalue weighted by Gasteiger charge is -2.17. The van der Waals surface area contributed by atoms with E-state index in [2.05, 4.69) is 35.3 Å². The summed E-state index contributed by atoms with van der Waals surface area (Å²) in [7, 11) is 2.41. The average molecular weight is 795 g/mol. The molecule has 4 atom stereocenters. The quantitative estimate of drug-likeness (QED) is 0.0363. The Kier molecular flexibility index (Phi) is 18.5. The maximum atomic E-state index is 12.3. The summed E-state index contributed by atoms with van der Waals surface area (Å²) >= 11 is 0. The zero-order valence-corrected chi connectivity index (χ0v) is 34.9. The number of hydrogen-bond acceptors (Lipinski definition) is 12. The molecule has 53 heavy (non-hydrogen) atoms. The van der Waals surface area contributed by atoms with E-state index >= 15 is 0 Å². The van der Waals surface area contributed by atoms with Crippen LogP contribution in [0.2, 0.25) is 25.7 Å². The van der Waals surface area contributed by atoms with Crippen molar-refractivity contribution in [2.24, 2.45) is 0 Å². The van der Waals surface area contributed by atoms with Gasteiger partial charge in [-0.2, -0.15) is 9.97 Å². The van der Waals surface area contributed by atoms with E-state index in [4.69, 9.17) is 29.3 Å². The Bertz CT molecular complexity index is 1440. The molecule has 3 N–H and O–H groups in total. The van der Waals surface area contributed by atoms with Crippen molar-refractivity contribution in [2.45, 2.75) is 159 Å². The number of ether oxygens (including phenoxy) is 3. The van der Waals surface area contributed by atoms with Crippen LogP contribution in [-0.2, 0) is 23.9 Å². The van der Waals surface area contributed by atoms with Crippen molar-refractivity contribution in [3.05, 3.63) is 6.33 Å². The Balaban J connectivity index is 1.19. The number of aliphatic carboxylic acids is 1. The fraction of sp³-hybridized carbons (Fsp3) is 0.784. The van der Waals surface area contributed by atoms with Crippen LogP contribution in [0, 0.1) is 0 Å². The third kappa shape index (κ3) is 15.6. The van der Waals surface area contributed by atoms with Gasteiger partial charge in [0.1, 0.15) is 12.3 Å². The van der Waals surface area contributed by atoms with Gasteiger partial charge in [-0.05, 0) is 31.7 Å². The lowest BCUT2D eigenvalue weighted by molar-refractivity contribution is -0.154. The highest BCUT2D eigenvalue weighted by Crippen LogP contribution is 2.39. The zero-order chi connectivity index (χ0) is 38.1. The van der Waals surface area contributed by atoms with Crippen LogP contribution >= 0.6 is 21.6 Å². The summed E-state index contributed by atoms with van der Waals surface area (Å²) in [6.07, 6.45) is 14.6. The van der Waals surface area contributed by atoms with E-state index in [9.17, 15) is 14.4 Å². The minimum atomic E-state index is -1.33. The van der Waals surface area contributed by atoms with Gasteiger partial charge < -0.3 is 30.0 Å². The Labute approximate surface area is 324 Å². The molecule has 0 aliphatic carbocycles. The monoisotopic (exact) mass is 794 g/mol. The van der Waals surface area contributed by atoms with Crippen LogP contribution in [0.15, 0.2) is 6.33 Å². The normalized spacial score (nSPS) is 20.2. The second kappa shape index (κ2) is 22.7. The van der Waals surface area contributed by atoms with Gasteiger partial charge in [-0.15, -0.1) is 0 Å². The fourth-order valence-corrected chi connectivity index (χ4v) is 10.0. The minimum absolute atomic E-state index is 0.176. The second-order valence-electron chi connectivity index (χ2n) is 15.4. The van der Waals surface area contributed by atoms with Gasteiger partial charge in [0.2, 0.25) is 17.7 Å². The summed E-state index contributed by atoms with van der Waals surface area (Å²) < 4.78 is 20.0. The Morgan fingerprint density at radius 2 is 1.70 bits per heavy atom. The van der Waals surface area contributed by atoms with E-state index in [1.807, 2.05) is 33.1 Å². The molecule has 1 unspecified atom stereocenters. The standard InChI is InChI=1S/C37H62N6O7S2Si/c1-5-28-29(50-33(47)17-16-32(45)46)25-31(49-28)43-26-40-34-35(43)41-37(42-36(34)48-21-23-53(2,3)4)39-20-15-13-11-9-7-6-8-10-12-14-19-38-30(44)24-27-18-22-51-52-27/h26-29,31H,5-25H2,1-4H3,(H,38,44)(H,45,46)(H,39,41,42)/t27?,28-,29-,31-/m1/s1. The maximum absolute atomic E-state index is 12.3. The van der Waals surface area contributed by atoms with E-state index in [-0.39, 0.29) is 24.9 Å². The van der Waals surface area contributed by atoms with Crippen LogP contribution in [0.25, 0.3) is 11.2 Å². The number of esters is 1. The molecule has 298 valence electrons. The van der Waals surface area contributed by atoms with Crippen molar-refractivity contribution in [1.82, 2.24) is 24.8 Å². The SMILES string of the molecule is CC[C@H]1O[C@@H](n2cnc3c(OCC[Si](C)(C)C)nc(NCCCCCCCCCCCCNC(=O)CC4CCSS4)nc32)C[C@H]1OC(=O)CCC(=O)O. The zero-order valence-electron chi connectivity index (χ0n) is 32.2. The topological polar surface area (TPSA) is 167 Å². The highest BCUT2D eigenvalue weighted by Gasteiger charge is 2.39. The second-order valence-corrected chi connectivity index (χ2v) is 23.8. The van der Waals surface area contributed by atoms with Gasteiger partial charge in [0.05, 0.1) is 31.9 Å². The third-order valence-corrected chi connectivity index (χ3v) is 14.2. The maximum Gasteiger partial charge on any atom is 0.306 e. The van der Waals surface area contributed by atoms with Gasteiger partial charge in [-0.25, -0.2) is 4.98 Å².